The summed E-state index contributed by atoms with van der Waals surface area (Å²) in [5.41, 5.74) is 0.905. The number of hydrogen-bond donors (Lipinski definition) is 2. The fourth-order valence-corrected chi connectivity index (χ4v) is 4.27. The third-order valence-electron chi connectivity index (χ3n) is 5.08. The number of fused-ring (bicyclic) bond motifs is 1. The molecule has 136 valence electrons. The first-order chi connectivity index (χ1) is 12.3. The van der Waals surface area contributed by atoms with Gasteiger partial charge < -0.3 is 19.9 Å². The lowest BCUT2D eigenvalue weighted by molar-refractivity contribution is 0.0321. The molecule has 2 aromatic rings. The summed E-state index contributed by atoms with van der Waals surface area (Å²) in [6, 6.07) is 2.56. The smallest absolute Gasteiger partial charge is 0.143 e. The van der Waals surface area contributed by atoms with E-state index in [1.807, 2.05) is 0 Å². The zero-order valence-corrected chi connectivity index (χ0v) is 16.5. The van der Waals surface area contributed by atoms with Crippen molar-refractivity contribution in [3.8, 4) is 0 Å². The summed E-state index contributed by atoms with van der Waals surface area (Å²) >= 11 is 2.28. The van der Waals surface area contributed by atoms with Crippen molar-refractivity contribution in [1.29, 1.82) is 0 Å². The number of piperidine rings is 1. The molecule has 25 heavy (non-hydrogen) atoms. The third-order valence-corrected chi connectivity index (χ3v) is 5.66. The number of nitrogens with zero attached hydrogens (tertiary/aromatic N) is 4. The van der Waals surface area contributed by atoms with E-state index in [1.165, 1.54) is 19.4 Å². The monoisotopic (exact) mass is 456 g/mol. The maximum atomic E-state index is 5.43. The number of H-pyrrole nitrogens is 1. The lowest BCUT2D eigenvalue weighted by atomic mass is 10.1. The number of ether oxygens (including phenoxy) is 1. The molecule has 0 aliphatic carbocycles. The Bertz CT molecular complexity index is 702. The van der Waals surface area contributed by atoms with Gasteiger partial charge in [-0.2, -0.15) is 0 Å². The van der Waals surface area contributed by atoms with Crippen molar-refractivity contribution in [3.05, 3.63) is 16.1 Å². The Morgan fingerprint density at radius 3 is 2.92 bits per heavy atom. The standard InChI is InChI=1S/C17H25IN6O/c18-15-10-14-16(19-12-20-17(14)22-15)21-13-2-1-3-24(11-13)5-4-23-6-8-25-9-7-23/h10,12-13H,1-9,11H2,(H2,19,20,21,22). The van der Waals surface area contributed by atoms with Gasteiger partial charge in [0.25, 0.3) is 0 Å². The van der Waals surface area contributed by atoms with Gasteiger partial charge >= 0.3 is 0 Å². The fraction of sp³-hybridized carbons (Fsp3) is 0.647. The molecule has 0 radical (unpaired) electrons. The second kappa shape index (κ2) is 8.15. The van der Waals surface area contributed by atoms with Crippen LogP contribution < -0.4 is 5.32 Å². The molecule has 2 aromatic heterocycles. The van der Waals surface area contributed by atoms with Gasteiger partial charge in [-0.25, -0.2) is 9.97 Å². The largest absolute Gasteiger partial charge is 0.379 e. The second-order valence-corrected chi connectivity index (χ2v) is 8.00. The minimum Gasteiger partial charge on any atom is -0.379 e. The highest BCUT2D eigenvalue weighted by Crippen LogP contribution is 2.23. The highest BCUT2D eigenvalue weighted by molar-refractivity contribution is 14.1. The van der Waals surface area contributed by atoms with Crippen molar-refractivity contribution in [3.63, 3.8) is 0 Å². The Hall–Kier alpha value is -0.970. The van der Waals surface area contributed by atoms with Gasteiger partial charge in [0, 0.05) is 38.8 Å². The van der Waals surface area contributed by atoms with Crippen LogP contribution in [0.5, 0.6) is 0 Å². The van der Waals surface area contributed by atoms with Gasteiger partial charge in [0.1, 0.15) is 17.8 Å². The van der Waals surface area contributed by atoms with E-state index in [4.69, 9.17) is 4.74 Å². The number of anilines is 1. The van der Waals surface area contributed by atoms with Crippen LogP contribution in [0.2, 0.25) is 0 Å². The second-order valence-electron chi connectivity index (χ2n) is 6.84. The summed E-state index contributed by atoms with van der Waals surface area (Å²) in [6.45, 7) is 8.46. The number of likely N-dealkylation sites (tertiary alicyclic amines) is 1. The maximum absolute atomic E-state index is 5.43. The highest BCUT2D eigenvalue weighted by atomic mass is 127. The molecule has 8 heteroatoms. The van der Waals surface area contributed by atoms with E-state index >= 15 is 0 Å². The number of halogens is 1. The summed E-state index contributed by atoms with van der Waals surface area (Å²) < 4.78 is 6.52. The van der Waals surface area contributed by atoms with E-state index in [1.54, 1.807) is 6.33 Å². The van der Waals surface area contributed by atoms with Crippen molar-refractivity contribution in [2.75, 3.05) is 57.8 Å². The van der Waals surface area contributed by atoms with E-state index in [-0.39, 0.29) is 0 Å². The van der Waals surface area contributed by atoms with Gasteiger partial charge in [-0.15, -0.1) is 0 Å². The fourth-order valence-electron chi connectivity index (χ4n) is 3.70. The van der Waals surface area contributed by atoms with Gasteiger partial charge in [-0.05, 0) is 48.0 Å². The van der Waals surface area contributed by atoms with Gasteiger partial charge in [-0.1, -0.05) is 0 Å². The lowest BCUT2D eigenvalue weighted by Crippen LogP contribution is -2.46. The first-order valence-electron chi connectivity index (χ1n) is 9.06. The van der Waals surface area contributed by atoms with Crippen molar-refractivity contribution >= 4 is 39.4 Å². The summed E-state index contributed by atoms with van der Waals surface area (Å²) in [4.78, 5) is 17.1. The third kappa shape index (κ3) is 4.42. The molecule has 4 heterocycles. The Labute approximate surface area is 161 Å². The van der Waals surface area contributed by atoms with Crippen LogP contribution in [0.15, 0.2) is 12.4 Å². The summed E-state index contributed by atoms with van der Waals surface area (Å²) in [5, 5.41) is 4.74. The number of aromatic amines is 1. The topological polar surface area (TPSA) is 69.3 Å². The number of morpholine rings is 1. The van der Waals surface area contributed by atoms with E-state index in [0.29, 0.717) is 6.04 Å². The molecule has 7 nitrogen and oxygen atoms in total. The number of rotatable bonds is 5. The Kier molecular flexibility index (Phi) is 5.69. The van der Waals surface area contributed by atoms with Crippen molar-refractivity contribution in [1.82, 2.24) is 24.8 Å². The molecular weight excluding hydrogens is 431 g/mol. The average Bonchev–Trinajstić information content (AvgIpc) is 3.03. The number of aromatic nitrogens is 3. The summed E-state index contributed by atoms with van der Waals surface area (Å²) in [5.74, 6) is 0.948. The Balaban J connectivity index is 1.34. The molecule has 0 aromatic carbocycles. The molecule has 0 amide bonds. The van der Waals surface area contributed by atoms with Crippen LogP contribution in [0.25, 0.3) is 11.0 Å². The van der Waals surface area contributed by atoms with Gasteiger partial charge in [0.15, 0.2) is 0 Å². The van der Waals surface area contributed by atoms with Crippen LogP contribution in [0.4, 0.5) is 5.82 Å². The van der Waals surface area contributed by atoms with Gasteiger partial charge in [-0.3, -0.25) is 4.90 Å². The molecule has 2 fully saturated rings. The van der Waals surface area contributed by atoms with Crippen LogP contribution in [-0.4, -0.2) is 83.3 Å². The molecule has 0 bridgehead atoms. The van der Waals surface area contributed by atoms with E-state index in [2.05, 4.69) is 58.7 Å². The molecular formula is C17H25IN6O. The van der Waals surface area contributed by atoms with E-state index in [0.717, 1.165) is 66.5 Å². The van der Waals surface area contributed by atoms with Crippen molar-refractivity contribution < 1.29 is 4.74 Å². The molecule has 0 spiro atoms. The summed E-state index contributed by atoms with van der Waals surface area (Å²) in [7, 11) is 0. The zero-order chi connectivity index (χ0) is 17.1. The van der Waals surface area contributed by atoms with Crippen LogP contribution >= 0.6 is 22.6 Å². The molecule has 1 unspecified atom stereocenters. The normalized spacial score (nSPS) is 23.2. The van der Waals surface area contributed by atoms with Crippen molar-refractivity contribution in [2.45, 2.75) is 18.9 Å². The number of hydrogen-bond acceptors (Lipinski definition) is 6. The predicted octanol–water partition coefficient (Wildman–Crippen LogP) is 1.77. The zero-order valence-electron chi connectivity index (χ0n) is 14.4. The molecule has 2 aliphatic rings. The first-order valence-corrected chi connectivity index (χ1v) is 10.1. The predicted molar refractivity (Wildman–Crippen MR) is 107 cm³/mol. The van der Waals surface area contributed by atoms with Crippen molar-refractivity contribution in [2.24, 2.45) is 0 Å². The summed E-state index contributed by atoms with van der Waals surface area (Å²) in [6.07, 6.45) is 4.07. The van der Waals surface area contributed by atoms with Crippen LogP contribution in [-0.2, 0) is 4.74 Å². The minimum absolute atomic E-state index is 0.448. The van der Waals surface area contributed by atoms with E-state index < -0.39 is 0 Å². The van der Waals surface area contributed by atoms with Gasteiger partial charge in [0.2, 0.25) is 0 Å². The number of nitrogens with one attached hydrogen (secondary N) is 2. The quantitative estimate of drug-likeness (QED) is 0.669. The Morgan fingerprint density at radius 2 is 2.04 bits per heavy atom. The SMILES string of the molecule is Ic1cc2c(NC3CCCN(CCN4CCOCC4)C3)ncnc2[nH]1. The molecule has 2 aliphatic heterocycles. The average molecular weight is 456 g/mol. The minimum atomic E-state index is 0.448. The van der Waals surface area contributed by atoms with Crippen LogP contribution in [0.1, 0.15) is 12.8 Å². The maximum Gasteiger partial charge on any atom is 0.143 e. The molecule has 1 atom stereocenters. The molecule has 2 N–H and O–H groups in total. The van der Waals surface area contributed by atoms with Crippen LogP contribution in [0, 0.1) is 3.70 Å². The first kappa shape index (κ1) is 17.4. The van der Waals surface area contributed by atoms with E-state index in [9.17, 15) is 0 Å². The molecule has 2 saturated heterocycles. The molecule has 4 rings (SSSR count). The lowest BCUT2D eigenvalue weighted by Gasteiger charge is -2.35. The van der Waals surface area contributed by atoms with Crippen LogP contribution in [0.3, 0.4) is 0 Å². The highest BCUT2D eigenvalue weighted by Gasteiger charge is 2.22. The molecule has 0 saturated carbocycles. The van der Waals surface area contributed by atoms with Gasteiger partial charge in [0.05, 0.1) is 22.3 Å². The Morgan fingerprint density at radius 1 is 1.20 bits per heavy atom.